The SMILES string of the molecule is OCCC(c1cccc(F)c1)N1CCOCC1. The summed E-state index contributed by atoms with van der Waals surface area (Å²) in [6.45, 7) is 3.19. The molecular formula is C13H18FNO2. The summed E-state index contributed by atoms with van der Waals surface area (Å²) in [6.07, 6.45) is 0.628. The molecule has 0 bridgehead atoms. The van der Waals surface area contributed by atoms with Gasteiger partial charge in [-0.25, -0.2) is 4.39 Å². The van der Waals surface area contributed by atoms with Crippen LogP contribution in [0.4, 0.5) is 4.39 Å². The molecule has 1 aromatic rings. The van der Waals surface area contributed by atoms with Gasteiger partial charge < -0.3 is 9.84 Å². The summed E-state index contributed by atoms with van der Waals surface area (Å²) in [5.41, 5.74) is 0.931. The maximum absolute atomic E-state index is 13.2. The molecule has 0 spiro atoms. The Kier molecular flexibility index (Phi) is 4.48. The van der Waals surface area contributed by atoms with Crippen molar-refractivity contribution >= 4 is 0 Å². The first-order valence-electron chi connectivity index (χ1n) is 5.99. The van der Waals surface area contributed by atoms with E-state index in [1.54, 1.807) is 12.1 Å². The molecule has 0 aromatic heterocycles. The van der Waals surface area contributed by atoms with E-state index in [0.29, 0.717) is 19.6 Å². The van der Waals surface area contributed by atoms with Crippen molar-refractivity contribution in [2.75, 3.05) is 32.9 Å². The third kappa shape index (κ3) is 3.25. The monoisotopic (exact) mass is 239 g/mol. The lowest BCUT2D eigenvalue weighted by Gasteiger charge is -2.34. The molecule has 1 unspecified atom stereocenters. The second-order valence-corrected chi connectivity index (χ2v) is 4.23. The maximum Gasteiger partial charge on any atom is 0.123 e. The zero-order chi connectivity index (χ0) is 12.1. The van der Waals surface area contributed by atoms with Gasteiger partial charge in [-0.15, -0.1) is 0 Å². The highest BCUT2D eigenvalue weighted by Crippen LogP contribution is 2.25. The van der Waals surface area contributed by atoms with Crippen LogP contribution < -0.4 is 0 Å². The van der Waals surface area contributed by atoms with E-state index in [-0.39, 0.29) is 18.5 Å². The number of ether oxygens (including phenoxy) is 1. The fourth-order valence-corrected chi connectivity index (χ4v) is 2.29. The van der Waals surface area contributed by atoms with Gasteiger partial charge in [-0.3, -0.25) is 4.90 Å². The molecule has 0 radical (unpaired) electrons. The second kappa shape index (κ2) is 6.10. The van der Waals surface area contributed by atoms with Gasteiger partial charge in [0.15, 0.2) is 0 Å². The molecule has 0 saturated carbocycles. The van der Waals surface area contributed by atoms with E-state index in [1.165, 1.54) is 6.07 Å². The third-order valence-corrected chi connectivity index (χ3v) is 3.12. The van der Waals surface area contributed by atoms with Gasteiger partial charge >= 0.3 is 0 Å². The van der Waals surface area contributed by atoms with E-state index in [4.69, 9.17) is 9.84 Å². The highest BCUT2D eigenvalue weighted by Gasteiger charge is 2.22. The molecule has 0 amide bonds. The van der Waals surface area contributed by atoms with Crippen molar-refractivity contribution in [3.05, 3.63) is 35.6 Å². The number of nitrogens with zero attached hydrogens (tertiary/aromatic N) is 1. The van der Waals surface area contributed by atoms with Crippen LogP contribution in [0, 0.1) is 5.82 Å². The first kappa shape index (κ1) is 12.5. The molecule has 1 fully saturated rings. The van der Waals surface area contributed by atoms with Crippen molar-refractivity contribution in [3.8, 4) is 0 Å². The lowest BCUT2D eigenvalue weighted by atomic mass is 10.0. The molecule has 1 heterocycles. The van der Waals surface area contributed by atoms with Crippen molar-refractivity contribution in [2.45, 2.75) is 12.5 Å². The van der Waals surface area contributed by atoms with Gasteiger partial charge in [0, 0.05) is 25.7 Å². The van der Waals surface area contributed by atoms with Crippen LogP contribution in [0.3, 0.4) is 0 Å². The Hall–Kier alpha value is -0.970. The normalized spacial score (nSPS) is 19.2. The summed E-state index contributed by atoms with van der Waals surface area (Å²) in [5.74, 6) is -0.223. The molecule has 94 valence electrons. The molecule has 1 N–H and O–H groups in total. The van der Waals surface area contributed by atoms with Crippen LogP contribution in [-0.2, 0) is 4.74 Å². The highest BCUT2D eigenvalue weighted by molar-refractivity contribution is 5.20. The summed E-state index contributed by atoms with van der Waals surface area (Å²) in [4.78, 5) is 2.24. The van der Waals surface area contributed by atoms with E-state index in [1.807, 2.05) is 6.07 Å². The predicted octanol–water partition coefficient (Wildman–Crippen LogP) is 1.58. The molecule has 3 nitrogen and oxygen atoms in total. The summed E-state index contributed by atoms with van der Waals surface area (Å²) >= 11 is 0. The van der Waals surface area contributed by atoms with Gasteiger partial charge in [0.2, 0.25) is 0 Å². The average Bonchev–Trinajstić information content (AvgIpc) is 2.37. The van der Waals surface area contributed by atoms with Crippen LogP contribution in [0.5, 0.6) is 0 Å². The zero-order valence-electron chi connectivity index (χ0n) is 9.81. The third-order valence-electron chi connectivity index (χ3n) is 3.12. The topological polar surface area (TPSA) is 32.7 Å². The van der Waals surface area contributed by atoms with Crippen LogP contribution in [0.15, 0.2) is 24.3 Å². The Bertz CT molecular complexity index is 353. The van der Waals surface area contributed by atoms with Gasteiger partial charge in [-0.05, 0) is 24.1 Å². The Morgan fingerprint density at radius 2 is 2.12 bits per heavy atom. The van der Waals surface area contributed by atoms with E-state index in [2.05, 4.69) is 4.90 Å². The molecule has 1 aliphatic heterocycles. The van der Waals surface area contributed by atoms with Gasteiger partial charge in [0.25, 0.3) is 0 Å². The predicted molar refractivity (Wildman–Crippen MR) is 63.2 cm³/mol. The number of hydrogen-bond donors (Lipinski definition) is 1. The lowest BCUT2D eigenvalue weighted by molar-refractivity contribution is 0.0107. The Labute approximate surface area is 101 Å². The number of aliphatic hydroxyl groups excluding tert-OH is 1. The van der Waals surface area contributed by atoms with Gasteiger partial charge in [-0.1, -0.05) is 12.1 Å². The number of morpholine rings is 1. The summed E-state index contributed by atoms with van der Waals surface area (Å²) in [6, 6.07) is 6.71. The Morgan fingerprint density at radius 3 is 2.76 bits per heavy atom. The lowest BCUT2D eigenvalue weighted by Crippen LogP contribution is -2.39. The largest absolute Gasteiger partial charge is 0.396 e. The van der Waals surface area contributed by atoms with Crippen LogP contribution in [0.25, 0.3) is 0 Å². The minimum atomic E-state index is -0.223. The summed E-state index contributed by atoms with van der Waals surface area (Å²) in [7, 11) is 0. The molecule has 0 aliphatic carbocycles. The average molecular weight is 239 g/mol. The minimum Gasteiger partial charge on any atom is -0.396 e. The van der Waals surface area contributed by atoms with Gasteiger partial charge in [-0.2, -0.15) is 0 Å². The van der Waals surface area contributed by atoms with E-state index >= 15 is 0 Å². The van der Waals surface area contributed by atoms with Crippen LogP contribution >= 0.6 is 0 Å². The van der Waals surface area contributed by atoms with Crippen molar-refractivity contribution < 1.29 is 14.2 Å². The first-order valence-corrected chi connectivity index (χ1v) is 5.99. The fourth-order valence-electron chi connectivity index (χ4n) is 2.29. The van der Waals surface area contributed by atoms with E-state index in [9.17, 15) is 4.39 Å². The van der Waals surface area contributed by atoms with Gasteiger partial charge in [0.05, 0.1) is 13.2 Å². The zero-order valence-corrected chi connectivity index (χ0v) is 9.81. The number of benzene rings is 1. The number of halogens is 1. The Morgan fingerprint density at radius 1 is 1.35 bits per heavy atom. The summed E-state index contributed by atoms with van der Waals surface area (Å²) < 4.78 is 18.5. The molecule has 1 aliphatic rings. The molecule has 1 aromatic carbocycles. The molecule has 4 heteroatoms. The second-order valence-electron chi connectivity index (χ2n) is 4.23. The molecule has 2 rings (SSSR count). The molecular weight excluding hydrogens is 221 g/mol. The highest BCUT2D eigenvalue weighted by atomic mass is 19.1. The van der Waals surface area contributed by atoms with Crippen LogP contribution in [0.2, 0.25) is 0 Å². The standard InChI is InChI=1S/C13H18FNO2/c14-12-3-1-2-11(10-12)13(4-7-16)15-5-8-17-9-6-15/h1-3,10,13,16H,4-9H2. The van der Waals surface area contributed by atoms with Gasteiger partial charge in [0.1, 0.15) is 5.82 Å². The van der Waals surface area contributed by atoms with Crippen LogP contribution in [0.1, 0.15) is 18.0 Å². The Balaban J connectivity index is 2.15. The quantitative estimate of drug-likeness (QED) is 0.866. The smallest absolute Gasteiger partial charge is 0.123 e. The fraction of sp³-hybridized carbons (Fsp3) is 0.538. The van der Waals surface area contributed by atoms with E-state index in [0.717, 1.165) is 18.7 Å². The van der Waals surface area contributed by atoms with E-state index < -0.39 is 0 Å². The molecule has 1 saturated heterocycles. The number of aliphatic hydroxyl groups is 1. The maximum atomic E-state index is 13.2. The molecule has 1 atom stereocenters. The van der Waals surface area contributed by atoms with Crippen molar-refractivity contribution in [2.24, 2.45) is 0 Å². The molecule has 17 heavy (non-hydrogen) atoms. The van der Waals surface area contributed by atoms with Crippen LogP contribution in [-0.4, -0.2) is 42.9 Å². The minimum absolute atomic E-state index is 0.0830. The first-order chi connectivity index (χ1) is 8.31. The van der Waals surface area contributed by atoms with Crippen molar-refractivity contribution in [3.63, 3.8) is 0 Å². The number of rotatable bonds is 4. The van der Waals surface area contributed by atoms with Crippen molar-refractivity contribution in [1.82, 2.24) is 4.90 Å². The number of hydrogen-bond acceptors (Lipinski definition) is 3. The van der Waals surface area contributed by atoms with Crippen molar-refractivity contribution in [1.29, 1.82) is 0 Å². The summed E-state index contributed by atoms with van der Waals surface area (Å²) in [5, 5.41) is 9.15.